The molecular formula is C29H46N2O3S. The van der Waals surface area contributed by atoms with Gasteiger partial charge in [-0.1, -0.05) is 109 Å². The van der Waals surface area contributed by atoms with Crippen LogP contribution in [0.3, 0.4) is 0 Å². The quantitative estimate of drug-likeness (QED) is 0.109. The molecule has 1 heterocycles. The average molecular weight is 503 g/mol. The van der Waals surface area contributed by atoms with Crippen molar-refractivity contribution in [3.05, 3.63) is 41.1 Å². The van der Waals surface area contributed by atoms with E-state index in [1.54, 1.807) is 18.2 Å². The van der Waals surface area contributed by atoms with E-state index in [-0.39, 0.29) is 11.7 Å². The van der Waals surface area contributed by atoms with E-state index in [1.807, 2.05) is 6.07 Å². The van der Waals surface area contributed by atoms with Gasteiger partial charge in [0.05, 0.1) is 18.7 Å². The summed E-state index contributed by atoms with van der Waals surface area (Å²) in [6.07, 6.45) is 20.6. The lowest BCUT2D eigenvalue weighted by Gasteiger charge is -2.31. The van der Waals surface area contributed by atoms with Gasteiger partial charge in [-0.25, -0.2) is 4.79 Å². The van der Waals surface area contributed by atoms with Crippen LogP contribution in [-0.4, -0.2) is 23.3 Å². The Bertz CT molecular complexity index is 809. The highest BCUT2D eigenvalue weighted by Crippen LogP contribution is 2.31. The number of hydrogen-bond donors (Lipinski definition) is 3. The number of methoxy groups -OCH3 is 1. The van der Waals surface area contributed by atoms with E-state index in [2.05, 4.69) is 17.6 Å². The van der Waals surface area contributed by atoms with Crippen molar-refractivity contribution in [1.82, 2.24) is 10.6 Å². The first-order chi connectivity index (χ1) is 17.1. The van der Waals surface area contributed by atoms with Crippen LogP contribution in [0, 0.1) is 0 Å². The molecule has 1 aliphatic rings. The minimum atomic E-state index is -0.436. The predicted molar refractivity (Wildman–Crippen MR) is 148 cm³/mol. The van der Waals surface area contributed by atoms with Crippen molar-refractivity contribution in [2.24, 2.45) is 0 Å². The lowest BCUT2D eigenvalue weighted by Crippen LogP contribution is -2.45. The summed E-state index contributed by atoms with van der Waals surface area (Å²) in [4.78, 5) is 12.6. The lowest BCUT2D eigenvalue weighted by molar-refractivity contribution is -0.136. The molecule has 1 atom stereocenters. The Kier molecular flexibility index (Phi) is 14.5. The number of allylic oxidation sites excluding steroid dienone is 1. The van der Waals surface area contributed by atoms with E-state index in [4.69, 9.17) is 17.0 Å². The van der Waals surface area contributed by atoms with Gasteiger partial charge in [0.25, 0.3) is 0 Å². The molecule has 0 saturated heterocycles. The second-order valence-corrected chi connectivity index (χ2v) is 10.1. The molecule has 0 spiro atoms. The number of nitrogens with one attached hydrogen (secondary N) is 2. The van der Waals surface area contributed by atoms with Crippen LogP contribution in [0.15, 0.2) is 35.5 Å². The highest BCUT2D eigenvalue weighted by molar-refractivity contribution is 7.80. The van der Waals surface area contributed by atoms with Crippen molar-refractivity contribution in [2.75, 3.05) is 7.11 Å². The van der Waals surface area contributed by atoms with Crippen molar-refractivity contribution in [2.45, 2.75) is 116 Å². The van der Waals surface area contributed by atoms with Gasteiger partial charge in [0.1, 0.15) is 5.75 Å². The maximum Gasteiger partial charge on any atom is 0.337 e. The van der Waals surface area contributed by atoms with Gasteiger partial charge >= 0.3 is 5.97 Å². The van der Waals surface area contributed by atoms with E-state index in [0.717, 1.165) is 30.5 Å². The summed E-state index contributed by atoms with van der Waals surface area (Å²) < 4.78 is 5.08. The standard InChI is InChI=1S/C29H46N2O3S/c1-3-4-5-6-7-8-9-10-11-12-13-14-15-16-17-21-25-26(28(33)34-2)27(31-29(35)30-25)23-19-18-20-24(32)22-23/h18-20,22,27,32H,3-17,21H2,1-2H3,(H2,30,31,35). The Morgan fingerprint density at radius 1 is 0.914 bits per heavy atom. The second-order valence-electron chi connectivity index (χ2n) is 9.71. The summed E-state index contributed by atoms with van der Waals surface area (Å²) in [5.41, 5.74) is 2.14. The number of thiocarbonyl (C=S) groups is 1. The Balaban J connectivity index is 1.69. The van der Waals surface area contributed by atoms with Gasteiger partial charge in [0, 0.05) is 5.70 Å². The van der Waals surface area contributed by atoms with Crippen molar-refractivity contribution < 1.29 is 14.6 Å². The van der Waals surface area contributed by atoms with Crippen LogP contribution in [0.5, 0.6) is 5.75 Å². The zero-order chi connectivity index (χ0) is 25.3. The zero-order valence-electron chi connectivity index (χ0n) is 21.9. The van der Waals surface area contributed by atoms with Gasteiger partial charge in [-0.3, -0.25) is 0 Å². The van der Waals surface area contributed by atoms with E-state index in [1.165, 1.54) is 90.6 Å². The zero-order valence-corrected chi connectivity index (χ0v) is 22.7. The van der Waals surface area contributed by atoms with E-state index < -0.39 is 6.04 Å². The van der Waals surface area contributed by atoms with Gasteiger partial charge in [-0.05, 0) is 42.8 Å². The van der Waals surface area contributed by atoms with Crippen molar-refractivity contribution in [3.8, 4) is 5.75 Å². The van der Waals surface area contributed by atoms with Crippen LogP contribution in [0.1, 0.15) is 121 Å². The summed E-state index contributed by atoms with van der Waals surface area (Å²) in [6, 6.07) is 6.47. The fourth-order valence-electron chi connectivity index (χ4n) is 4.79. The van der Waals surface area contributed by atoms with Gasteiger partial charge in [-0.2, -0.15) is 0 Å². The van der Waals surface area contributed by atoms with E-state index >= 15 is 0 Å². The number of phenols is 1. The van der Waals surface area contributed by atoms with Gasteiger partial charge in [-0.15, -0.1) is 0 Å². The minimum Gasteiger partial charge on any atom is -0.508 e. The van der Waals surface area contributed by atoms with Crippen LogP contribution < -0.4 is 10.6 Å². The molecule has 1 aromatic rings. The molecule has 0 saturated carbocycles. The molecule has 0 aliphatic carbocycles. The normalized spacial score (nSPS) is 15.6. The first kappa shape index (κ1) is 29.2. The van der Waals surface area contributed by atoms with Gasteiger partial charge in [0.15, 0.2) is 5.11 Å². The van der Waals surface area contributed by atoms with Crippen molar-refractivity contribution in [1.29, 1.82) is 0 Å². The predicted octanol–water partition coefficient (Wildman–Crippen LogP) is 7.60. The molecule has 1 aliphatic heterocycles. The third kappa shape index (κ3) is 11.0. The number of carbonyl (C=O) groups excluding carboxylic acids is 1. The molecule has 3 N–H and O–H groups in total. The van der Waals surface area contributed by atoms with Crippen LogP contribution in [0.2, 0.25) is 0 Å². The van der Waals surface area contributed by atoms with Crippen LogP contribution in [-0.2, 0) is 9.53 Å². The number of esters is 1. The van der Waals surface area contributed by atoms with Crippen molar-refractivity contribution >= 4 is 23.3 Å². The third-order valence-corrected chi connectivity index (χ3v) is 7.01. The average Bonchev–Trinajstić information content (AvgIpc) is 2.85. The molecule has 1 unspecified atom stereocenters. The molecule has 1 aromatic carbocycles. The SMILES string of the molecule is CCCCCCCCCCCCCCCCCC1=C(C(=O)OC)C(c2cccc(O)c2)NC(=S)N1. The number of unbranched alkanes of at least 4 members (excludes halogenated alkanes) is 14. The van der Waals surface area contributed by atoms with Crippen molar-refractivity contribution in [3.63, 3.8) is 0 Å². The Morgan fingerprint density at radius 2 is 1.46 bits per heavy atom. The maximum atomic E-state index is 12.6. The number of benzene rings is 1. The summed E-state index contributed by atoms with van der Waals surface area (Å²) in [5, 5.41) is 16.7. The minimum absolute atomic E-state index is 0.155. The summed E-state index contributed by atoms with van der Waals surface area (Å²) in [7, 11) is 1.40. The highest BCUT2D eigenvalue weighted by atomic mass is 32.1. The Labute approximate surface area is 218 Å². The third-order valence-electron chi connectivity index (χ3n) is 6.79. The number of aromatic hydroxyl groups is 1. The second kappa shape index (κ2) is 17.4. The highest BCUT2D eigenvalue weighted by Gasteiger charge is 2.32. The number of carbonyl (C=O) groups is 1. The molecule has 0 bridgehead atoms. The molecule has 6 heteroatoms. The van der Waals surface area contributed by atoms with E-state index in [0.29, 0.717) is 10.7 Å². The molecule has 196 valence electrons. The first-order valence-electron chi connectivity index (χ1n) is 13.7. The monoisotopic (exact) mass is 502 g/mol. The Hall–Kier alpha value is -2.08. The lowest BCUT2D eigenvalue weighted by atomic mass is 9.93. The van der Waals surface area contributed by atoms with Crippen LogP contribution in [0.25, 0.3) is 0 Å². The number of ether oxygens (including phenoxy) is 1. The topological polar surface area (TPSA) is 70.6 Å². The molecular weight excluding hydrogens is 456 g/mol. The largest absolute Gasteiger partial charge is 0.508 e. The maximum absolute atomic E-state index is 12.6. The van der Waals surface area contributed by atoms with Gasteiger partial charge < -0.3 is 20.5 Å². The molecule has 2 rings (SSSR count). The van der Waals surface area contributed by atoms with Crippen LogP contribution in [0.4, 0.5) is 0 Å². The number of rotatable bonds is 18. The van der Waals surface area contributed by atoms with Gasteiger partial charge in [0.2, 0.25) is 0 Å². The molecule has 0 fully saturated rings. The smallest absolute Gasteiger partial charge is 0.337 e. The number of phenolic OH excluding ortho intramolecular Hbond substituents is 1. The number of hydrogen-bond acceptors (Lipinski definition) is 4. The molecule has 0 aromatic heterocycles. The fraction of sp³-hybridized carbons (Fsp3) is 0.655. The van der Waals surface area contributed by atoms with Crippen LogP contribution >= 0.6 is 12.2 Å². The summed E-state index contributed by atoms with van der Waals surface area (Å²) >= 11 is 5.41. The summed E-state index contributed by atoms with van der Waals surface area (Å²) in [6.45, 7) is 2.27. The first-order valence-corrected chi connectivity index (χ1v) is 14.2. The molecule has 0 amide bonds. The van der Waals surface area contributed by atoms with E-state index in [9.17, 15) is 9.90 Å². The Morgan fingerprint density at radius 3 is 1.97 bits per heavy atom. The molecule has 0 radical (unpaired) electrons. The molecule has 5 nitrogen and oxygen atoms in total. The fourth-order valence-corrected chi connectivity index (χ4v) is 5.03. The summed E-state index contributed by atoms with van der Waals surface area (Å²) in [5.74, 6) is -0.223. The molecule has 35 heavy (non-hydrogen) atoms.